The first-order valence-corrected chi connectivity index (χ1v) is 8.71. The Morgan fingerprint density at radius 2 is 1.71 bits per heavy atom. The molecule has 3 aliphatic rings. The fraction of sp³-hybridized carbons (Fsp3) is 0.933. The second-order valence-electron chi connectivity index (χ2n) is 6.25. The van der Waals surface area contributed by atoms with Crippen molar-refractivity contribution in [1.29, 1.82) is 0 Å². The summed E-state index contributed by atoms with van der Waals surface area (Å²) in [6.07, 6.45) is 13.6. The zero-order valence-corrected chi connectivity index (χ0v) is 14.9. The molecule has 1 radical (unpaired) electrons. The third kappa shape index (κ3) is 3.00. The maximum absolute atomic E-state index is 4.21. The van der Waals surface area contributed by atoms with Gasteiger partial charge in [0, 0.05) is 32.7 Å². The summed E-state index contributed by atoms with van der Waals surface area (Å²) in [5, 5.41) is 0. The standard InChI is InChI=1S/C15H26P.Y/c1-2-15-14-8-7-11-5-3-4-6-12(11)13(14)9-10-16-15;/h11-16H,1-10H2;/q-1;. The molecule has 6 atom stereocenters. The van der Waals surface area contributed by atoms with E-state index in [0.29, 0.717) is 0 Å². The van der Waals surface area contributed by atoms with Gasteiger partial charge in [0.2, 0.25) is 0 Å². The molecule has 1 aliphatic heterocycles. The van der Waals surface area contributed by atoms with Gasteiger partial charge < -0.3 is 6.92 Å². The predicted octanol–water partition coefficient (Wildman–Crippen LogP) is 4.49. The van der Waals surface area contributed by atoms with Crippen molar-refractivity contribution in [3.05, 3.63) is 6.92 Å². The Balaban J connectivity index is 0.00000108. The van der Waals surface area contributed by atoms with E-state index in [2.05, 4.69) is 6.92 Å². The van der Waals surface area contributed by atoms with Crippen molar-refractivity contribution in [1.82, 2.24) is 0 Å². The van der Waals surface area contributed by atoms with Crippen LogP contribution in [0.1, 0.15) is 51.4 Å². The average molecular weight is 326 g/mol. The minimum Gasteiger partial charge on any atom is -0.343 e. The van der Waals surface area contributed by atoms with Crippen LogP contribution in [0.4, 0.5) is 0 Å². The number of hydrogen-bond donors (Lipinski definition) is 0. The van der Waals surface area contributed by atoms with Crippen LogP contribution < -0.4 is 0 Å². The molecule has 0 bridgehead atoms. The molecule has 2 aliphatic carbocycles. The second-order valence-corrected chi connectivity index (χ2v) is 7.90. The molecule has 1 heterocycles. The summed E-state index contributed by atoms with van der Waals surface area (Å²) in [7, 11) is 1.24. The first kappa shape index (κ1) is 14.9. The SMILES string of the molecule is [CH2-]CC1PCCC2C3CCCCC3CCC12.[Y]. The first-order chi connectivity index (χ1) is 7.90. The van der Waals surface area contributed by atoms with Crippen molar-refractivity contribution in [2.45, 2.75) is 57.0 Å². The van der Waals surface area contributed by atoms with Crippen LogP contribution in [-0.2, 0) is 32.7 Å². The van der Waals surface area contributed by atoms with E-state index in [1.54, 1.807) is 32.1 Å². The molecule has 6 unspecified atom stereocenters. The largest absolute Gasteiger partial charge is 0.343 e. The summed E-state index contributed by atoms with van der Waals surface area (Å²) < 4.78 is 0. The van der Waals surface area contributed by atoms with Gasteiger partial charge in [-0.15, -0.1) is 8.58 Å². The molecule has 17 heavy (non-hydrogen) atoms. The minimum atomic E-state index is 0. The molecule has 3 rings (SSSR count). The molecule has 2 heteroatoms. The third-order valence-electron chi connectivity index (χ3n) is 5.65. The fourth-order valence-electron chi connectivity index (χ4n) is 4.93. The van der Waals surface area contributed by atoms with Crippen LogP contribution in [0.2, 0.25) is 0 Å². The summed E-state index contributed by atoms with van der Waals surface area (Å²) in [5.74, 6) is 4.46. The van der Waals surface area contributed by atoms with Crippen molar-refractivity contribution >= 4 is 8.58 Å². The van der Waals surface area contributed by atoms with Crippen LogP contribution in [0, 0.1) is 30.6 Å². The van der Waals surface area contributed by atoms with E-state index in [4.69, 9.17) is 0 Å². The molecule has 95 valence electrons. The Bertz CT molecular complexity index is 237. The van der Waals surface area contributed by atoms with E-state index in [1.807, 2.05) is 0 Å². The smallest absolute Gasteiger partial charge is 0 e. The van der Waals surface area contributed by atoms with E-state index >= 15 is 0 Å². The van der Waals surface area contributed by atoms with Crippen LogP contribution in [0.5, 0.6) is 0 Å². The molecule has 3 fully saturated rings. The molecule has 0 aromatic rings. The maximum Gasteiger partial charge on any atom is 0 e. The van der Waals surface area contributed by atoms with Gasteiger partial charge in [-0.05, 0) is 61.2 Å². The van der Waals surface area contributed by atoms with Gasteiger partial charge in [-0.25, -0.2) is 0 Å². The summed E-state index contributed by atoms with van der Waals surface area (Å²) >= 11 is 0. The van der Waals surface area contributed by atoms with Gasteiger partial charge in [-0.2, -0.15) is 6.42 Å². The van der Waals surface area contributed by atoms with Gasteiger partial charge in [0.05, 0.1) is 0 Å². The third-order valence-corrected chi connectivity index (χ3v) is 7.47. The van der Waals surface area contributed by atoms with Crippen LogP contribution in [0.3, 0.4) is 0 Å². The van der Waals surface area contributed by atoms with E-state index < -0.39 is 0 Å². The first-order valence-electron chi connectivity index (χ1n) is 7.43. The van der Waals surface area contributed by atoms with Crippen molar-refractivity contribution in [2.75, 3.05) is 6.16 Å². The van der Waals surface area contributed by atoms with Gasteiger partial charge in [-0.3, -0.25) is 0 Å². The summed E-state index contributed by atoms with van der Waals surface area (Å²) in [5.41, 5.74) is 1.02. The topological polar surface area (TPSA) is 0 Å². The van der Waals surface area contributed by atoms with Crippen LogP contribution >= 0.6 is 8.58 Å². The normalized spacial score (nSPS) is 46.8. The fourth-order valence-corrected chi connectivity index (χ4v) is 6.72. The van der Waals surface area contributed by atoms with Gasteiger partial charge in [0.1, 0.15) is 0 Å². The van der Waals surface area contributed by atoms with Crippen molar-refractivity contribution in [2.24, 2.45) is 23.7 Å². The molecule has 0 N–H and O–H groups in total. The Hall–Kier alpha value is 1.53. The van der Waals surface area contributed by atoms with Crippen molar-refractivity contribution in [3.63, 3.8) is 0 Å². The zero-order chi connectivity index (χ0) is 11.0. The number of hydrogen-bond acceptors (Lipinski definition) is 0. The van der Waals surface area contributed by atoms with Crippen LogP contribution in [0.25, 0.3) is 0 Å². The van der Waals surface area contributed by atoms with Crippen molar-refractivity contribution < 1.29 is 32.7 Å². The van der Waals surface area contributed by atoms with Crippen LogP contribution in [-0.4, -0.2) is 11.8 Å². The molecule has 0 aromatic carbocycles. The van der Waals surface area contributed by atoms with E-state index in [-0.39, 0.29) is 32.7 Å². The monoisotopic (exact) mass is 326 g/mol. The molecule has 2 saturated carbocycles. The van der Waals surface area contributed by atoms with Gasteiger partial charge in [-0.1, -0.05) is 19.3 Å². The molecule has 1 saturated heterocycles. The zero-order valence-electron chi connectivity index (χ0n) is 11.0. The van der Waals surface area contributed by atoms with Crippen molar-refractivity contribution in [3.8, 4) is 0 Å². The summed E-state index contributed by atoms with van der Waals surface area (Å²) in [6.45, 7) is 4.21. The Kier molecular flexibility index (Phi) is 5.98. The molecule has 0 spiro atoms. The molecule has 0 amide bonds. The minimum absolute atomic E-state index is 0. The molecule has 0 nitrogen and oxygen atoms in total. The van der Waals surface area contributed by atoms with Gasteiger partial charge in [0.25, 0.3) is 0 Å². The van der Waals surface area contributed by atoms with E-state index in [0.717, 1.165) is 29.3 Å². The van der Waals surface area contributed by atoms with Crippen LogP contribution in [0.15, 0.2) is 0 Å². The molecular formula is C15H26PY-. The second kappa shape index (κ2) is 6.81. The van der Waals surface area contributed by atoms with E-state index in [1.165, 1.54) is 34.0 Å². The van der Waals surface area contributed by atoms with E-state index in [9.17, 15) is 0 Å². The van der Waals surface area contributed by atoms with Gasteiger partial charge >= 0.3 is 0 Å². The molecule has 0 aromatic heterocycles. The quantitative estimate of drug-likeness (QED) is 0.492. The Morgan fingerprint density at radius 1 is 0.882 bits per heavy atom. The Morgan fingerprint density at radius 3 is 2.53 bits per heavy atom. The molecular weight excluding hydrogens is 300 g/mol. The van der Waals surface area contributed by atoms with Gasteiger partial charge in [0.15, 0.2) is 0 Å². The predicted molar refractivity (Wildman–Crippen MR) is 73.2 cm³/mol. The summed E-state index contributed by atoms with van der Waals surface area (Å²) in [4.78, 5) is 0. The number of rotatable bonds is 1. The summed E-state index contributed by atoms with van der Waals surface area (Å²) in [6, 6.07) is 0. The maximum atomic E-state index is 4.21. The Labute approximate surface area is 134 Å². The number of fused-ring (bicyclic) bond motifs is 3. The average Bonchev–Trinajstić information content (AvgIpc) is 2.37.